The van der Waals surface area contributed by atoms with Gasteiger partial charge >= 0.3 is 0 Å². The number of benzene rings is 1. The van der Waals surface area contributed by atoms with Crippen LogP contribution in [0.4, 0.5) is 5.69 Å². The van der Waals surface area contributed by atoms with Crippen molar-refractivity contribution in [2.24, 2.45) is 5.73 Å². The van der Waals surface area contributed by atoms with Crippen LogP contribution in [0.2, 0.25) is 0 Å². The molecule has 17 heavy (non-hydrogen) atoms. The number of fused-ring (bicyclic) bond motifs is 1. The van der Waals surface area contributed by atoms with Crippen molar-refractivity contribution in [3.05, 3.63) is 23.8 Å². The van der Waals surface area contributed by atoms with Crippen molar-refractivity contribution in [2.75, 3.05) is 5.32 Å². The summed E-state index contributed by atoms with van der Waals surface area (Å²) in [5.74, 6) is 0.614. The monoisotopic (exact) mass is 234 g/mol. The van der Waals surface area contributed by atoms with Gasteiger partial charge in [0.2, 0.25) is 0 Å². The van der Waals surface area contributed by atoms with Crippen molar-refractivity contribution in [3.63, 3.8) is 0 Å². The van der Waals surface area contributed by atoms with E-state index in [-0.39, 0.29) is 11.4 Å². The second-order valence-electron chi connectivity index (χ2n) is 5.25. The van der Waals surface area contributed by atoms with Crippen molar-refractivity contribution in [1.29, 1.82) is 0 Å². The lowest BCUT2D eigenvalue weighted by molar-refractivity contribution is -0.122. The third kappa shape index (κ3) is 2.77. The fourth-order valence-corrected chi connectivity index (χ4v) is 1.88. The lowest BCUT2D eigenvalue weighted by Gasteiger charge is -2.25. The highest BCUT2D eigenvalue weighted by atomic mass is 16.5. The van der Waals surface area contributed by atoms with Crippen LogP contribution in [-0.2, 0) is 11.2 Å². The van der Waals surface area contributed by atoms with Crippen LogP contribution >= 0.6 is 0 Å². The van der Waals surface area contributed by atoms with Gasteiger partial charge in [-0.3, -0.25) is 4.79 Å². The summed E-state index contributed by atoms with van der Waals surface area (Å²) in [7, 11) is 0. The van der Waals surface area contributed by atoms with Crippen LogP contribution in [0.25, 0.3) is 0 Å². The Kier molecular flexibility index (Phi) is 2.83. The first-order valence-corrected chi connectivity index (χ1v) is 5.74. The van der Waals surface area contributed by atoms with E-state index >= 15 is 0 Å². The molecule has 0 saturated carbocycles. The molecule has 92 valence electrons. The molecule has 1 unspecified atom stereocenters. The molecule has 0 aliphatic carbocycles. The number of rotatable bonds is 2. The van der Waals surface area contributed by atoms with Crippen molar-refractivity contribution in [3.8, 4) is 5.75 Å². The summed E-state index contributed by atoms with van der Waals surface area (Å²) in [6.45, 7) is 5.70. The standard InChI is InChI=1S/C13H18N2O2/c1-8-12(16)15-10-5-4-9(6-11(10)17-8)7-13(2,3)14/h4-6,8H,7,14H2,1-3H3,(H,15,16). The van der Waals surface area contributed by atoms with Crippen LogP contribution in [0, 0.1) is 0 Å². The summed E-state index contributed by atoms with van der Waals surface area (Å²) in [6, 6.07) is 5.77. The molecule has 1 aliphatic rings. The number of nitrogens with one attached hydrogen (secondary N) is 1. The Hall–Kier alpha value is -1.55. The Morgan fingerprint density at radius 2 is 2.18 bits per heavy atom. The van der Waals surface area contributed by atoms with Crippen molar-refractivity contribution < 1.29 is 9.53 Å². The first-order chi connectivity index (χ1) is 7.85. The molecular weight excluding hydrogens is 216 g/mol. The molecule has 0 fully saturated rings. The second-order valence-corrected chi connectivity index (χ2v) is 5.25. The second kappa shape index (κ2) is 4.04. The molecule has 0 saturated heterocycles. The summed E-state index contributed by atoms with van der Waals surface area (Å²) < 4.78 is 5.55. The van der Waals surface area contributed by atoms with E-state index in [0.29, 0.717) is 0 Å². The van der Waals surface area contributed by atoms with Gasteiger partial charge in [-0.15, -0.1) is 0 Å². The van der Waals surface area contributed by atoms with E-state index < -0.39 is 6.10 Å². The summed E-state index contributed by atoms with van der Waals surface area (Å²) in [5, 5.41) is 2.80. The first kappa shape index (κ1) is 11.9. The van der Waals surface area contributed by atoms with E-state index in [4.69, 9.17) is 10.5 Å². The number of nitrogens with two attached hydrogens (primary N) is 1. The predicted octanol–water partition coefficient (Wildman–Crippen LogP) is 1.69. The van der Waals surface area contributed by atoms with E-state index in [9.17, 15) is 4.79 Å². The molecule has 2 rings (SSSR count). The average molecular weight is 234 g/mol. The zero-order valence-electron chi connectivity index (χ0n) is 10.4. The number of anilines is 1. The number of carbonyl (C=O) groups is 1. The number of ether oxygens (including phenoxy) is 1. The van der Waals surface area contributed by atoms with Crippen molar-refractivity contribution >= 4 is 11.6 Å². The molecule has 3 N–H and O–H groups in total. The smallest absolute Gasteiger partial charge is 0.265 e. The zero-order chi connectivity index (χ0) is 12.6. The molecule has 1 aromatic carbocycles. The third-order valence-corrected chi connectivity index (χ3v) is 2.64. The summed E-state index contributed by atoms with van der Waals surface area (Å²) >= 11 is 0. The van der Waals surface area contributed by atoms with Gasteiger partial charge in [0.15, 0.2) is 6.10 Å². The third-order valence-electron chi connectivity index (χ3n) is 2.64. The van der Waals surface area contributed by atoms with Crippen LogP contribution in [0.1, 0.15) is 26.3 Å². The summed E-state index contributed by atoms with van der Waals surface area (Å²) in [6.07, 6.45) is 0.329. The molecule has 0 bridgehead atoms. The Morgan fingerprint density at radius 3 is 2.82 bits per heavy atom. The molecule has 1 aromatic rings. The van der Waals surface area contributed by atoms with Crippen LogP contribution in [-0.4, -0.2) is 17.6 Å². The van der Waals surface area contributed by atoms with Crippen LogP contribution in [0.5, 0.6) is 5.75 Å². The highest BCUT2D eigenvalue weighted by Crippen LogP contribution is 2.31. The van der Waals surface area contributed by atoms with Gasteiger partial charge in [0, 0.05) is 5.54 Å². The molecule has 4 nitrogen and oxygen atoms in total. The van der Waals surface area contributed by atoms with Gasteiger partial charge in [0.05, 0.1) is 5.69 Å². The SMILES string of the molecule is CC1Oc2cc(CC(C)(C)N)ccc2NC1=O. The lowest BCUT2D eigenvalue weighted by Crippen LogP contribution is -2.35. The van der Waals surface area contributed by atoms with E-state index in [1.165, 1.54) is 0 Å². The van der Waals surface area contributed by atoms with Gasteiger partial charge in [-0.2, -0.15) is 0 Å². The highest BCUT2D eigenvalue weighted by Gasteiger charge is 2.24. The lowest BCUT2D eigenvalue weighted by atomic mass is 9.96. The van der Waals surface area contributed by atoms with Gasteiger partial charge < -0.3 is 15.8 Å². The van der Waals surface area contributed by atoms with E-state index in [2.05, 4.69) is 5.32 Å². The zero-order valence-corrected chi connectivity index (χ0v) is 10.4. The maximum Gasteiger partial charge on any atom is 0.265 e. The largest absolute Gasteiger partial charge is 0.479 e. The molecule has 0 radical (unpaired) electrons. The molecular formula is C13H18N2O2. The summed E-state index contributed by atoms with van der Waals surface area (Å²) in [5.41, 5.74) is 7.57. The average Bonchev–Trinajstić information content (AvgIpc) is 2.18. The fraction of sp³-hybridized carbons (Fsp3) is 0.462. The minimum Gasteiger partial charge on any atom is -0.479 e. The van der Waals surface area contributed by atoms with Crippen LogP contribution < -0.4 is 15.8 Å². The van der Waals surface area contributed by atoms with Crippen LogP contribution in [0.15, 0.2) is 18.2 Å². The number of amides is 1. The minimum absolute atomic E-state index is 0.107. The Labute approximate surface area is 101 Å². The summed E-state index contributed by atoms with van der Waals surface area (Å²) in [4.78, 5) is 11.4. The van der Waals surface area contributed by atoms with Gasteiger partial charge in [0.1, 0.15) is 5.75 Å². The Balaban J connectivity index is 2.26. The maximum atomic E-state index is 11.4. The molecule has 0 aromatic heterocycles. The molecule has 1 aliphatic heterocycles. The first-order valence-electron chi connectivity index (χ1n) is 5.74. The van der Waals surface area contributed by atoms with E-state index in [1.807, 2.05) is 32.0 Å². The molecule has 0 spiro atoms. The molecule has 1 heterocycles. The maximum absolute atomic E-state index is 11.4. The Bertz CT molecular complexity index is 449. The molecule has 4 heteroatoms. The van der Waals surface area contributed by atoms with Gasteiger partial charge in [-0.05, 0) is 44.9 Å². The van der Waals surface area contributed by atoms with Crippen molar-refractivity contribution in [2.45, 2.75) is 38.8 Å². The van der Waals surface area contributed by atoms with E-state index in [0.717, 1.165) is 23.4 Å². The fourth-order valence-electron chi connectivity index (χ4n) is 1.88. The molecule has 1 amide bonds. The topological polar surface area (TPSA) is 64.3 Å². The van der Waals surface area contributed by atoms with Gasteiger partial charge in [-0.25, -0.2) is 0 Å². The number of hydrogen-bond donors (Lipinski definition) is 2. The Morgan fingerprint density at radius 1 is 1.47 bits per heavy atom. The normalized spacial score (nSPS) is 19.3. The van der Waals surface area contributed by atoms with E-state index in [1.54, 1.807) is 6.92 Å². The van der Waals surface area contributed by atoms with Gasteiger partial charge in [0.25, 0.3) is 5.91 Å². The van der Waals surface area contributed by atoms with Gasteiger partial charge in [-0.1, -0.05) is 6.07 Å². The molecule has 1 atom stereocenters. The highest BCUT2D eigenvalue weighted by molar-refractivity contribution is 5.97. The predicted molar refractivity (Wildman–Crippen MR) is 67.1 cm³/mol. The number of hydrogen-bond acceptors (Lipinski definition) is 3. The minimum atomic E-state index is -0.441. The van der Waals surface area contributed by atoms with Crippen LogP contribution in [0.3, 0.4) is 0 Å². The number of carbonyl (C=O) groups excluding carboxylic acids is 1. The quantitative estimate of drug-likeness (QED) is 0.818. The van der Waals surface area contributed by atoms with Crippen molar-refractivity contribution in [1.82, 2.24) is 0 Å².